The van der Waals surface area contributed by atoms with Gasteiger partial charge < -0.3 is 10.4 Å². The second-order valence-electron chi connectivity index (χ2n) is 4.66. The summed E-state index contributed by atoms with van der Waals surface area (Å²) in [4.78, 5) is 0. The average molecular weight is 310 g/mol. The van der Waals surface area contributed by atoms with Gasteiger partial charge in [0.05, 0.1) is 16.7 Å². The summed E-state index contributed by atoms with van der Waals surface area (Å²) in [6, 6.07) is 15.6. The van der Waals surface area contributed by atoms with Crippen LogP contribution in [0.25, 0.3) is 0 Å². The van der Waals surface area contributed by atoms with E-state index in [9.17, 15) is 5.11 Å². The number of aliphatic hydroxyl groups is 1. The van der Waals surface area contributed by atoms with Crippen molar-refractivity contribution in [3.05, 3.63) is 69.7 Å². The minimum Gasteiger partial charge on any atom is -0.395 e. The molecule has 0 heterocycles. The zero-order chi connectivity index (χ0) is 14.4. The first-order chi connectivity index (χ1) is 9.70. The molecule has 0 fully saturated rings. The Morgan fingerprint density at radius 2 is 1.75 bits per heavy atom. The fourth-order valence-corrected chi connectivity index (χ4v) is 2.43. The zero-order valence-electron chi connectivity index (χ0n) is 11.0. The van der Waals surface area contributed by atoms with Crippen LogP contribution in [0.3, 0.4) is 0 Å². The van der Waals surface area contributed by atoms with Gasteiger partial charge in [0.2, 0.25) is 0 Å². The van der Waals surface area contributed by atoms with E-state index in [0.717, 1.165) is 12.0 Å². The monoisotopic (exact) mass is 309 g/mol. The Hall–Kier alpha value is -1.06. The molecule has 0 saturated heterocycles. The minimum atomic E-state index is -0.00699. The Morgan fingerprint density at radius 3 is 2.45 bits per heavy atom. The summed E-state index contributed by atoms with van der Waals surface area (Å²) >= 11 is 12.1. The maximum Gasteiger partial charge on any atom is 0.0637 e. The van der Waals surface area contributed by atoms with Crippen LogP contribution in [-0.4, -0.2) is 17.8 Å². The van der Waals surface area contributed by atoms with Crippen LogP contribution in [-0.2, 0) is 13.0 Å². The molecule has 2 nitrogen and oxygen atoms in total. The van der Waals surface area contributed by atoms with Crippen molar-refractivity contribution in [2.45, 2.75) is 19.0 Å². The molecule has 4 heteroatoms. The highest BCUT2D eigenvalue weighted by Gasteiger charge is 2.10. The van der Waals surface area contributed by atoms with Gasteiger partial charge in [0.15, 0.2) is 0 Å². The Labute approximate surface area is 129 Å². The van der Waals surface area contributed by atoms with E-state index in [4.69, 9.17) is 23.2 Å². The van der Waals surface area contributed by atoms with Gasteiger partial charge in [0, 0.05) is 12.6 Å². The van der Waals surface area contributed by atoms with Crippen LogP contribution >= 0.6 is 23.2 Å². The van der Waals surface area contributed by atoms with Crippen molar-refractivity contribution in [1.29, 1.82) is 0 Å². The van der Waals surface area contributed by atoms with Crippen molar-refractivity contribution >= 4 is 23.2 Å². The molecule has 2 aromatic rings. The highest BCUT2D eigenvalue weighted by molar-refractivity contribution is 6.42. The number of halogens is 2. The third-order valence-corrected chi connectivity index (χ3v) is 4.02. The van der Waals surface area contributed by atoms with Crippen molar-refractivity contribution in [3.8, 4) is 0 Å². The fourth-order valence-electron chi connectivity index (χ4n) is 2.04. The molecule has 1 atom stereocenters. The molecule has 2 aromatic carbocycles. The van der Waals surface area contributed by atoms with Crippen LogP contribution in [0.2, 0.25) is 10.0 Å². The molecular formula is C16H17Cl2NO. The summed E-state index contributed by atoms with van der Waals surface area (Å²) in [6.45, 7) is 0.657. The first-order valence-corrected chi connectivity index (χ1v) is 7.27. The van der Waals surface area contributed by atoms with Crippen LogP contribution < -0.4 is 5.32 Å². The Balaban J connectivity index is 1.95. The molecule has 0 aliphatic rings. The molecule has 2 N–H and O–H groups in total. The number of nitrogens with one attached hydrogen (secondary N) is 1. The maximum atomic E-state index is 9.47. The zero-order valence-corrected chi connectivity index (χ0v) is 12.5. The number of hydrogen-bond acceptors (Lipinski definition) is 2. The van der Waals surface area contributed by atoms with E-state index in [1.807, 2.05) is 30.3 Å². The predicted molar refractivity (Wildman–Crippen MR) is 84.3 cm³/mol. The number of rotatable bonds is 6. The van der Waals surface area contributed by atoms with E-state index in [0.29, 0.717) is 16.6 Å². The number of aliphatic hydroxyl groups excluding tert-OH is 1. The average Bonchev–Trinajstić information content (AvgIpc) is 2.48. The molecular weight excluding hydrogens is 293 g/mol. The highest BCUT2D eigenvalue weighted by Crippen LogP contribution is 2.25. The van der Waals surface area contributed by atoms with Crippen LogP contribution in [0, 0.1) is 0 Å². The van der Waals surface area contributed by atoms with E-state index >= 15 is 0 Å². The summed E-state index contributed by atoms with van der Waals surface area (Å²) in [5.74, 6) is 0. The predicted octanol–water partition coefficient (Wildman–Crippen LogP) is 3.69. The van der Waals surface area contributed by atoms with Crippen LogP contribution in [0.5, 0.6) is 0 Å². The summed E-state index contributed by atoms with van der Waals surface area (Å²) in [5.41, 5.74) is 2.13. The Kier molecular flexibility index (Phi) is 5.86. The van der Waals surface area contributed by atoms with Crippen LogP contribution in [0.4, 0.5) is 0 Å². The van der Waals surface area contributed by atoms with Gasteiger partial charge in [0.25, 0.3) is 0 Å². The lowest BCUT2D eigenvalue weighted by atomic mass is 10.1. The topological polar surface area (TPSA) is 32.3 Å². The Morgan fingerprint density at radius 1 is 1.00 bits per heavy atom. The highest BCUT2D eigenvalue weighted by atomic mass is 35.5. The largest absolute Gasteiger partial charge is 0.395 e. The van der Waals surface area contributed by atoms with Gasteiger partial charge >= 0.3 is 0 Å². The first kappa shape index (κ1) is 15.3. The summed E-state index contributed by atoms with van der Waals surface area (Å²) in [5, 5.41) is 13.9. The molecule has 0 spiro atoms. The molecule has 0 bridgehead atoms. The lowest BCUT2D eigenvalue weighted by Gasteiger charge is -2.17. The first-order valence-electron chi connectivity index (χ1n) is 6.51. The smallest absolute Gasteiger partial charge is 0.0637 e. The third-order valence-electron chi connectivity index (χ3n) is 3.16. The van der Waals surface area contributed by atoms with Gasteiger partial charge in [-0.3, -0.25) is 0 Å². The molecule has 0 aliphatic carbocycles. The van der Waals surface area contributed by atoms with Crippen molar-refractivity contribution in [3.63, 3.8) is 0 Å². The van der Waals surface area contributed by atoms with E-state index in [-0.39, 0.29) is 12.6 Å². The standard InChI is InChI=1S/C16H17Cl2NO/c17-15-8-4-7-13(16(15)18)10-19-14(11-20)9-12-5-2-1-3-6-12/h1-8,14,19-20H,9-11H2/t14-/m0/s1. The SMILES string of the molecule is OC[C@H](Cc1ccccc1)NCc1cccc(Cl)c1Cl. The second kappa shape index (κ2) is 7.65. The minimum absolute atomic E-state index is 0.00699. The van der Waals surface area contributed by atoms with Gasteiger partial charge in [-0.25, -0.2) is 0 Å². The molecule has 0 amide bonds. The van der Waals surface area contributed by atoms with E-state index < -0.39 is 0 Å². The summed E-state index contributed by atoms with van der Waals surface area (Å²) in [6.07, 6.45) is 0.773. The van der Waals surface area contributed by atoms with Crippen molar-refractivity contribution in [1.82, 2.24) is 5.32 Å². The quantitative estimate of drug-likeness (QED) is 0.853. The normalized spacial score (nSPS) is 12.3. The molecule has 106 valence electrons. The van der Waals surface area contributed by atoms with Crippen molar-refractivity contribution < 1.29 is 5.11 Å². The fraction of sp³-hybridized carbons (Fsp3) is 0.250. The number of hydrogen-bond donors (Lipinski definition) is 2. The molecule has 0 unspecified atom stereocenters. The van der Waals surface area contributed by atoms with Gasteiger partial charge in [-0.15, -0.1) is 0 Å². The number of benzene rings is 2. The van der Waals surface area contributed by atoms with Crippen LogP contribution in [0.15, 0.2) is 48.5 Å². The summed E-state index contributed by atoms with van der Waals surface area (Å²) in [7, 11) is 0. The van der Waals surface area contributed by atoms with Crippen LogP contribution in [0.1, 0.15) is 11.1 Å². The molecule has 20 heavy (non-hydrogen) atoms. The molecule has 0 aliphatic heterocycles. The van der Waals surface area contributed by atoms with E-state index in [1.165, 1.54) is 5.56 Å². The van der Waals surface area contributed by atoms with Gasteiger partial charge in [-0.2, -0.15) is 0 Å². The van der Waals surface area contributed by atoms with Crippen molar-refractivity contribution in [2.24, 2.45) is 0 Å². The molecule has 0 radical (unpaired) electrons. The van der Waals surface area contributed by atoms with E-state index in [1.54, 1.807) is 6.07 Å². The third kappa shape index (κ3) is 4.22. The van der Waals surface area contributed by atoms with Crippen molar-refractivity contribution in [2.75, 3.05) is 6.61 Å². The molecule has 0 aromatic heterocycles. The molecule has 0 saturated carbocycles. The summed E-state index contributed by atoms with van der Waals surface area (Å²) < 4.78 is 0. The van der Waals surface area contributed by atoms with Gasteiger partial charge in [0.1, 0.15) is 0 Å². The maximum absolute atomic E-state index is 9.47. The van der Waals surface area contributed by atoms with Gasteiger partial charge in [-0.05, 0) is 23.6 Å². The lowest BCUT2D eigenvalue weighted by Crippen LogP contribution is -2.34. The second-order valence-corrected chi connectivity index (χ2v) is 5.45. The van der Waals surface area contributed by atoms with Gasteiger partial charge in [-0.1, -0.05) is 65.7 Å². The molecule has 2 rings (SSSR count). The Bertz CT molecular complexity index is 545. The lowest BCUT2D eigenvalue weighted by molar-refractivity contribution is 0.241. The van der Waals surface area contributed by atoms with E-state index in [2.05, 4.69) is 17.4 Å².